The summed E-state index contributed by atoms with van der Waals surface area (Å²) in [4.78, 5) is 16.6. The average Bonchev–Trinajstić information content (AvgIpc) is 2.70. The van der Waals surface area contributed by atoms with Crippen molar-refractivity contribution >= 4 is 17.8 Å². The van der Waals surface area contributed by atoms with Gasteiger partial charge in [-0.15, -0.1) is 0 Å². The Labute approximate surface area is 166 Å². The molecule has 29 heavy (non-hydrogen) atoms. The monoisotopic (exact) mass is 410 g/mol. The van der Waals surface area contributed by atoms with Crippen molar-refractivity contribution in [3.63, 3.8) is 0 Å². The Morgan fingerprint density at radius 2 is 1.90 bits per heavy atom. The molecule has 156 valence electrons. The number of nitrogens with zero attached hydrogens (tertiary/aromatic N) is 1. The molecule has 0 saturated carbocycles. The van der Waals surface area contributed by atoms with Crippen LogP contribution in [0.25, 0.3) is 0 Å². The molecular formula is C20H21F3N2O4. The number of rotatable bonds is 9. The second-order valence-corrected chi connectivity index (χ2v) is 6.39. The lowest BCUT2D eigenvalue weighted by molar-refractivity contribution is -0.120. The molecule has 0 aliphatic heterocycles. The molecule has 0 atom stereocenters. The van der Waals surface area contributed by atoms with Gasteiger partial charge in [0.15, 0.2) is 35.6 Å². The van der Waals surface area contributed by atoms with E-state index in [1.807, 2.05) is 13.8 Å². The van der Waals surface area contributed by atoms with Crippen LogP contribution in [0, 0.1) is 23.4 Å². The number of benzene rings is 2. The van der Waals surface area contributed by atoms with E-state index >= 15 is 0 Å². The number of nitrogens with one attached hydrogen (secondary N) is 1. The van der Waals surface area contributed by atoms with E-state index in [2.05, 4.69) is 10.5 Å². The average molecular weight is 410 g/mol. The number of oxime groups is 1. The van der Waals surface area contributed by atoms with Gasteiger partial charge in [0, 0.05) is 5.56 Å². The maximum absolute atomic E-state index is 13.5. The van der Waals surface area contributed by atoms with Crippen molar-refractivity contribution in [3.05, 3.63) is 53.3 Å². The fourth-order valence-corrected chi connectivity index (χ4v) is 2.14. The molecule has 0 aromatic heterocycles. The Hall–Kier alpha value is -3.23. The van der Waals surface area contributed by atoms with Crippen LogP contribution < -0.4 is 14.8 Å². The van der Waals surface area contributed by atoms with E-state index < -0.39 is 35.7 Å². The highest BCUT2D eigenvalue weighted by atomic mass is 19.2. The van der Waals surface area contributed by atoms with Crippen LogP contribution in [0.4, 0.5) is 18.9 Å². The van der Waals surface area contributed by atoms with Gasteiger partial charge in [-0.1, -0.05) is 19.0 Å². The van der Waals surface area contributed by atoms with Gasteiger partial charge in [0.2, 0.25) is 0 Å². The largest absolute Gasteiger partial charge is 0.493 e. The molecule has 0 heterocycles. The third-order valence-electron chi connectivity index (χ3n) is 3.54. The zero-order valence-electron chi connectivity index (χ0n) is 16.2. The van der Waals surface area contributed by atoms with Gasteiger partial charge < -0.3 is 19.6 Å². The molecule has 1 amide bonds. The molecular weight excluding hydrogens is 389 g/mol. The summed E-state index contributed by atoms with van der Waals surface area (Å²) in [6, 6.07) is 6.74. The van der Waals surface area contributed by atoms with Crippen LogP contribution in [0.3, 0.4) is 0 Å². The minimum absolute atomic E-state index is 0.361. The molecule has 1 N–H and O–H groups in total. The topological polar surface area (TPSA) is 69.2 Å². The Morgan fingerprint density at radius 3 is 2.59 bits per heavy atom. The van der Waals surface area contributed by atoms with Gasteiger partial charge in [0.1, 0.15) is 0 Å². The maximum Gasteiger partial charge on any atom is 0.265 e. The molecule has 6 nitrogen and oxygen atoms in total. The summed E-state index contributed by atoms with van der Waals surface area (Å²) in [5, 5.41) is 5.72. The minimum Gasteiger partial charge on any atom is -0.493 e. The fraction of sp³-hybridized carbons (Fsp3) is 0.300. The molecule has 0 saturated heterocycles. The zero-order chi connectivity index (χ0) is 21.4. The van der Waals surface area contributed by atoms with Gasteiger partial charge in [0.05, 0.1) is 25.6 Å². The van der Waals surface area contributed by atoms with E-state index in [0.717, 1.165) is 6.07 Å². The number of ether oxygens (including phenoxy) is 2. The molecule has 9 heteroatoms. The van der Waals surface area contributed by atoms with Gasteiger partial charge in [-0.3, -0.25) is 4.79 Å². The van der Waals surface area contributed by atoms with E-state index in [1.54, 1.807) is 18.2 Å². The number of amides is 1. The Balaban J connectivity index is 1.89. The van der Waals surface area contributed by atoms with Crippen LogP contribution >= 0.6 is 0 Å². The highest BCUT2D eigenvalue weighted by Gasteiger charge is 2.15. The smallest absolute Gasteiger partial charge is 0.265 e. The molecule has 0 bridgehead atoms. The lowest BCUT2D eigenvalue weighted by atomic mass is 10.2. The van der Waals surface area contributed by atoms with Crippen molar-refractivity contribution in [1.82, 2.24) is 0 Å². The van der Waals surface area contributed by atoms with Crippen LogP contribution in [-0.4, -0.2) is 32.4 Å². The summed E-state index contributed by atoms with van der Waals surface area (Å²) in [6.07, 6.45) is 1.35. The van der Waals surface area contributed by atoms with Crippen molar-refractivity contribution in [3.8, 4) is 11.5 Å². The lowest BCUT2D eigenvalue weighted by Gasteiger charge is -2.12. The molecule has 0 aliphatic carbocycles. The predicted octanol–water partition coefficient (Wildman–Crippen LogP) is 4.14. The van der Waals surface area contributed by atoms with Crippen molar-refractivity contribution in [2.45, 2.75) is 13.8 Å². The second-order valence-electron chi connectivity index (χ2n) is 6.39. The summed E-state index contributed by atoms with van der Waals surface area (Å²) in [6.45, 7) is 4.05. The Kier molecular flexibility index (Phi) is 7.88. The fourth-order valence-electron chi connectivity index (χ4n) is 2.14. The predicted molar refractivity (Wildman–Crippen MR) is 102 cm³/mol. The molecule has 2 aromatic carbocycles. The van der Waals surface area contributed by atoms with Crippen LogP contribution in [0.2, 0.25) is 0 Å². The number of carbonyl (C=O) groups is 1. The first kappa shape index (κ1) is 22.1. The van der Waals surface area contributed by atoms with E-state index in [4.69, 9.17) is 14.3 Å². The standard InChI is InChI=1S/C20H21F3N2O4/c1-12(2)10-28-16-7-4-13(8-17(16)27-3)9-24-29-11-18(26)25-15-6-5-14(21)19(22)20(15)23/h4-9,12H,10-11H2,1-3H3,(H,25,26)/b24-9-. The summed E-state index contributed by atoms with van der Waals surface area (Å²) >= 11 is 0. The van der Waals surface area contributed by atoms with Crippen molar-refractivity contribution < 1.29 is 32.3 Å². The normalized spacial score (nSPS) is 11.0. The second kappa shape index (κ2) is 10.4. The van der Waals surface area contributed by atoms with E-state index in [-0.39, 0.29) is 0 Å². The number of methoxy groups -OCH3 is 1. The Morgan fingerprint density at radius 1 is 1.14 bits per heavy atom. The number of halogens is 3. The molecule has 0 spiro atoms. The van der Waals surface area contributed by atoms with Crippen LogP contribution in [-0.2, 0) is 9.63 Å². The highest BCUT2D eigenvalue weighted by molar-refractivity contribution is 5.91. The van der Waals surface area contributed by atoms with E-state index in [0.29, 0.717) is 35.7 Å². The third-order valence-corrected chi connectivity index (χ3v) is 3.54. The van der Waals surface area contributed by atoms with Crippen molar-refractivity contribution in [2.24, 2.45) is 11.1 Å². The first-order valence-corrected chi connectivity index (χ1v) is 8.71. The van der Waals surface area contributed by atoms with Crippen LogP contribution in [0.5, 0.6) is 11.5 Å². The maximum atomic E-state index is 13.5. The molecule has 0 fully saturated rings. The van der Waals surface area contributed by atoms with Crippen molar-refractivity contribution in [1.29, 1.82) is 0 Å². The quantitative estimate of drug-likeness (QED) is 0.383. The van der Waals surface area contributed by atoms with E-state index in [1.165, 1.54) is 13.3 Å². The Bertz CT molecular complexity index is 888. The zero-order valence-corrected chi connectivity index (χ0v) is 16.2. The van der Waals surface area contributed by atoms with Gasteiger partial charge in [-0.2, -0.15) is 0 Å². The van der Waals surface area contributed by atoms with Gasteiger partial charge in [0.25, 0.3) is 5.91 Å². The summed E-state index contributed by atoms with van der Waals surface area (Å²) in [7, 11) is 1.51. The number of anilines is 1. The first-order valence-electron chi connectivity index (χ1n) is 8.71. The van der Waals surface area contributed by atoms with Gasteiger partial charge in [-0.25, -0.2) is 13.2 Å². The number of hydrogen-bond acceptors (Lipinski definition) is 5. The summed E-state index contributed by atoms with van der Waals surface area (Å²) < 4.78 is 50.5. The number of hydrogen-bond donors (Lipinski definition) is 1. The summed E-state index contributed by atoms with van der Waals surface area (Å²) in [5.74, 6) is -3.83. The molecule has 2 rings (SSSR count). The minimum atomic E-state index is -1.67. The van der Waals surface area contributed by atoms with Crippen LogP contribution in [0.1, 0.15) is 19.4 Å². The first-order chi connectivity index (χ1) is 13.8. The van der Waals surface area contributed by atoms with Gasteiger partial charge in [-0.05, 0) is 36.2 Å². The lowest BCUT2D eigenvalue weighted by Crippen LogP contribution is -2.18. The van der Waals surface area contributed by atoms with Crippen molar-refractivity contribution in [2.75, 3.05) is 25.6 Å². The third kappa shape index (κ3) is 6.41. The number of carbonyl (C=O) groups excluding carboxylic acids is 1. The molecule has 0 aliphatic rings. The molecule has 0 unspecified atom stereocenters. The highest BCUT2D eigenvalue weighted by Crippen LogP contribution is 2.28. The van der Waals surface area contributed by atoms with E-state index in [9.17, 15) is 18.0 Å². The summed E-state index contributed by atoms with van der Waals surface area (Å²) in [5.41, 5.74) is 0.133. The molecule has 2 aromatic rings. The van der Waals surface area contributed by atoms with Gasteiger partial charge >= 0.3 is 0 Å². The molecule has 0 radical (unpaired) electrons. The SMILES string of the molecule is COc1cc(/C=N\OCC(=O)Nc2ccc(F)c(F)c2F)ccc1OCC(C)C. The van der Waals surface area contributed by atoms with Crippen LogP contribution in [0.15, 0.2) is 35.5 Å².